The minimum Gasteiger partial charge on any atom is -0.482 e. The number of benzene rings is 2. The van der Waals surface area contributed by atoms with E-state index >= 15 is 0 Å². The second-order valence-electron chi connectivity index (χ2n) is 5.67. The Hall–Kier alpha value is -3.56. The van der Waals surface area contributed by atoms with Crippen LogP contribution in [0.25, 0.3) is 0 Å². The number of rotatable bonds is 8. The maximum absolute atomic E-state index is 12.2. The maximum atomic E-state index is 12.2. The number of hydrogen-bond acceptors (Lipinski definition) is 4. The van der Waals surface area contributed by atoms with Crippen LogP contribution in [0.15, 0.2) is 66.4 Å². The fourth-order valence-corrected chi connectivity index (χ4v) is 2.20. The van der Waals surface area contributed by atoms with Crippen molar-refractivity contribution in [2.24, 2.45) is 0 Å². The minimum absolute atomic E-state index is 0.0324. The average molecular weight is 379 g/mol. The lowest BCUT2D eigenvalue weighted by atomic mass is 10.1. The van der Waals surface area contributed by atoms with Gasteiger partial charge in [0, 0.05) is 24.8 Å². The number of ether oxygens (including phenoxy) is 2. The van der Waals surface area contributed by atoms with E-state index in [2.05, 4.69) is 17.2 Å². The van der Waals surface area contributed by atoms with Crippen molar-refractivity contribution in [3.05, 3.63) is 83.1 Å². The summed E-state index contributed by atoms with van der Waals surface area (Å²) >= 11 is 0. The van der Waals surface area contributed by atoms with Crippen molar-refractivity contribution in [2.45, 2.75) is 6.61 Å². The Labute approximate surface area is 163 Å². The van der Waals surface area contributed by atoms with Crippen molar-refractivity contribution in [2.75, 3.05) is 20.3 Å². The molecule has 0 aliphatic rings. The molecule has 2 aromatic carbocycles. The Morgan fingerprint density at radius 3 is 2.46 bits per heavy atom. The first-order valence-electron chi connectivity index (χ1n) is 8.56. The quantitative estimate of drug-likeness (QED) is 0.418. The van der Waals surface area contributed by atoms with Gasteiger partial charge >= 0.3 is 5.97 Å². The van der Waals surface area contributed by atoms with E-state index in [0.29, 0.717) is 12.2 Å². The monoisotopic (exact) mass is 379 g/mol. The summed E-state index contributed by atoms with van der Waals surface area (Å²) in [5, 5.41) is 11.9. The highest BCUT2D eigenvalue weighted by Gasteiger charge is 2.10. The molecule has 0 aliphatic carbocycles. The van der Waals surface area contributed by atoms with Gasteiger partial charge in [-0.1, -0.05) is 42.2 Å². The van der Waals surface area contributed by atoms with Crippen LogP contribution in [0, 0.1) is 11.8 Å². The van der Waals surface area contributed by atoms with Crippen LogP contribution in [-0.2, 0) is 20.9 Å². The summed E-state index contributed by atoms with van der Waals surface area (Å²) in [6.45, 7) is 0.510. The van der Waals surface area contributed by atoms with Crippen molar-refractivity contribution >= 4 is 11.9 Å². The predicted molar refractivity (Wildman–Crippen MR) is 104 cm³/mol. The molecule has 0 unspecified atom stereocenters. The highest BCUT2D eigenvalue weighted by atomic mass is 16.5. The molecule has 0 radical (unpaired) electrons. The Morgan fingerprint density at radius 2 is 1.82 bits per heavy atom. The number of nitrogens with one attached hydrogen (secondary N) is 1. The van der Waals surface area contributed by atoms with Crippen LogP contribution < -0.4 is 5.32 Å². The molecule has 28 heavy (non-hydrogen) atoms. The molecule has 6 nitrogen and oxygen atoms in total. The van der Waals surface area contributed by atoms with E-state index in [9.17, 15) is 14.7 Å². The lowest BCUT2D eigenvalue weighted by Crippen LogP contribution is -2.24. The summed E-state index contributed by atoms with van der Waals surface area (Å²) in [4.78, 5) is 23.4. The highest BCUT2D eigenvalue weighted by Crippen LogP contribution is 2.07. The second-order valence-corrected chi connectivity index (χ2v) is 5.67. The molecular weight excluding hydrogens is 358 g/mol. The molecule has 0 atom stereocenters. The second kappa shape index (κ2) is 11.2. The molecule has 144 valence electrons. The van der Waals surface area contributed by atoms with Gasteiger partial charge in [0.05, 0.1) is 0 Å². The summed E-state index contributed by atoms with van der Waals surface area (Å²) in [5.74, 6) is 4.02. The number of carboxylic acids is 1. The molecule has 1 amide bonds. The summed E-state index contributed by atoms with van der Waals surface area (Å²) in [5.41, 5.74) is 2.08. The van der Waals surface area contributed by atoms with E-state index in [1.807, 2.05) is 30.3 Å². The molecular formula is C22H21NO5. The van der Waals surface area contributed by atoms with Crippen molar-refractivity contribution in [1.82, 2.24) is 5.32 Å². The number of hydrogen-bond donors (Lipinski definition) is 2. The van der Waals surface area contributed by atoms with Gasteiger partial charge in [0.2, 0.25) is 5.76 Å². The van der Waals surface area contributed by atoms with Crippen LogP contribution in [0.1, 0.15) is 21.5 Å². The molecule has 0 heterocycles. The third-order valence-electron chi connectivity index (χ3n) is 3.59. The van der Waals surface area contributed by atoms with E-state index < -0.39 is 5.97 Å². The molecule has 2 rings (SSSR count). The molecule has 2 aromatic rings. The Morgan fingerprint density at radius 1 is 1.11 bits per heavy atom. The first-order valence-corrected chi connectivity index (χ1v) is 8.56. The van der Waals surface area contributed by atoms with Crippen LogP contribution in [0.5, 0.6) is 0 Å². The third-order valence-corrected chi connectivity index (χ3v) is 3.59. The van der Waals surface area contributed by atoms with Gasteiger partial charge in [-0.05, 0) is 35.9 Å². The lowest BCUT2D eigenvalue weighted by Gasteiger charge is -2.08. The minimum atomic E-state index is -1.19. The number of methoxy groups -OCH3 is 1. The lowest BCUT2D eigenvalue weighted by molar-refractivity contribution is -0.136. The van der Waals surface area contributed by atoms with Gasteiger partial charge in [0.15, 0.2) is 0 Å². The first kappa shape index (κ1) is 20.7. The van der Waals surface area contributed by atoms with Crippen LogP contribution in [0.4, 0.5) is 0 Å². The van der Waals surface area contributed by atoms with E-state index in [-0.39, 0.29) is 24.8 Å². The van der Waals surface area contributed by atoms with Gasteiger partial charge < -0.3 is 19.9 Å². The zero-order valence-corrected chi connectivity index (χ0v) is 15.5. The maximum Gasteiger partial charge on any atom is 0.370 e. The first-order chi connectivity index (χ1) is 13.6. The van der Waals surface area contributed by atoms with E-state index in [0.717, 1.165) is 11.1 Å². The van der Waals surface area contributed by atoms with Crippen molar-refractivity contribution < 1.29 is 24.2 Å². The van der Waals surface area contributed by atoms with E-state index in [1.54, 1.807) is 31.4 Å². The zero-order chi connectivity index (χ0) is 20.2. The van der Waals surface area contributed by atoms with Crippen molar-refractivity contribution in [1.29, 1.82) is 0 Å². The number of carboxylic acid groups (broad SMARTS) is 1. The molecule has 0 fully saturated rings. The van der Waals surface area contributed by atoms with Crippen LogP contribution in [-0.4, -0.2) is 37.2 Å². The van der Waals surface area contributed by atoms with Crippen molar-refractivity contribution in [3.8, 4) is 11.8 Å². The van der Waals surface area contributed by atoms with E-state index in [1.165, 1.54) is 6.08 Å². The average Bonchev–Trinajstić information content (AvgIpc) is 2.71. The Bertz CT molecular complexity index is 877. The summed E-state index contributed by atoms with van der Waals surface area (Å²) in [6.07, 6.45) is 1.33. The van der Waals surface area contributed by atoms with Gasteiger partial charge in [-0.2, -0.15) is 0 Å². The Kier molecular flexibility index (Phi) is 8.31. The summed E-state index contributed by atoms with van der Waals surface area (Å²) in [6, 6.07) is 16.0. The van der Waals surface area contributed by atoms with Crippen molar-refractivity contribution in [3.63, 3.8) is 0 Å². The fraction of sp³-hybridized carbons (Fsp3) is 0.182. The number of aliphatic carboxylic acids is 1. The predicted octanol–water partition coefficient (Wildman–Crippen LogP) is 2.60. The van der Waals surface area contributed by atoms with E-state index in [4.69, 9.17) is 9.47 Å². The molecule has 0 spiro atoms. The normalized spacial score (nSPS) is 10.5. The molecule has 0 saturated heterocycles. The molecule has 2 N–H and O–H groups in total. The van der Waals surface area contributed by atoms with Gasteiger partial charge in [0.1, 0.15) is 13.2 Å². The summed E-state index contributed by atoms with van der Waals surface area (Å²) in [7, 11) is 1.57. The van der Waals surface area contributed by atoms with Gasteiger partial charge in [-0.15, -0.1) is 0 Å². The van der Waals surface area contributed by atoms with Crippen LogP contribution in [0.3, 0.4) is 0 Å². The SMILES string of the molecule is COCC#Cc1ccc(C(=O)NC/C=C(\OCc2ccccc2)C(=O)O)cc1. The molecule has 6 heteroatoms. The largest absolute Gasteiger partial charge is 0.482 e. The molecule has 0 saturated carbocycles. The molecule has 0 aromatic heterocycles. The zero-order valence-electron chi connectivity index (χ0n) is 15.5. The topological polar surface area (TPSA) is 84.9 Å². The number of carbonyl (C=O) groups is 2. The smallest absolute Gasteiger partial charge is 0.370 e. The Balaban J connectivity index is 1.89. The van der Waals surface area contributed by atoms with Gasteiger partial charge in [-0.3, -0.25) is 4.79 Å². The van der Waals surface area contributed by atoms with Gasteiger partial charge in [-0.25, -0.2) is 4.79 Å². The number of amides is 1. The molecule has 0 bridgehead atoms. The number of carbonyl (C=O) groups excluding carboxylic acids is 1. The highest BCUT2D eigenvalue weighted by molar-refractivity contribution is 5.94. The molecule has 0 aliphatic heterocycles. The van der Waals surface area contributed by atoms with Gasteiger partial charge in [0.25, 0.3) is 5.91 Å². The standard InChI is InChI=1S/C22H21NO5/c1-27-15-5-8-17-9-11-19(12-10-17)21(24)23-14-13-20(22(25)26)28-16-18-6-3-2-4-7-18/h2-4,6-7,9-13H,14-16H2,1H3,(H,23,24)(H,25,26)/b20-13-. The third kappa shape index (κ3) is 6.98. The van der Waals surface area contributed by atoms with Crippen LogP contribution in [0.2, 0.25) is 0 Å². The summed E-state index contributed by atoms with van der Waals surface area (Å²) < 4.78 is 10.2. The fourth-order valence-electron chi connectivity index (χ4n) is 2.20. The van der Waals surface area contributed by atoms with Crippen LogP contribution >= 0.6 is 0 Å².